The molecule has 0 spiro atoms. The number of nitrogens with one attached hydrogen (secondary N) is 1. The lowest BCUT2D eigenvalue weighted by Gasteiger charge is -2.28. The number of anilines is 2. The Morgan fingerprint density at radius 2 is 1.57 bits per heavy atom. The van der Waals surface area contributed by atoms with Gasteiger partial charge in [0.25, 0.3) is 0 Å². The van der Waals surface area contributed by atoms with Gasteiger partial charge in [-0.2, -0.15) is 0 Å². The fourth-order valence-electron chi connectivity index (χ4n) is 2.59. The number of benzene rings is 2. The largest absolute Gasteiger partial charge is 0.495 e. The number of hydrogen-bond donors (Lipinski definition) is 1. The Labute approximate surface area is 174 Å². The number of ether oxygens (including phenoxy) is 2. The van der Waals surface area contributed by atoms with Gasteiger partial charge in [-0.1, -0.05) is 23.2 Å². The summed E-state index contributed by atoms with van der Waals surface area (Å²) in [5.74, 6) is 0.306. The third-order valence-corrected chi connectivity index (χ3v) is 5.73. The number of sulfonamides is 1. The molecule has 0 aromatic heterocycles. The minimum Gasteiger partial charge on any atom is -0.495 e. The molecule has 7 nitrogen and oxygen atoms in total. The van der Waals surface area contributed by atoms with E-state index in [4.69, 9.17) is 32.7 Å². The molecule has 2 aromatic rings. The van der Waals surface area contributed by atoms with Gasteiger partial charge in [-0.05, 0) is 43.3 Å². The van der Waals surface area contributed by atoms with Gasteiger partial charge in [0, 0.05) is 5.69 Å². The second-order valence-electron chi connectivity index (χ2n) is 5.89. The first-order valence-electron chi connectivity index (χ1n) is 8.05. The lowest BCUT2D eigenvalue weighted by Crippen LogP contribution is -2.45. The minimum atomic E-state index is -3.78. The maximum absolute atomic E-state index is 12.7. The van der Waals surface area contributed by atoms with E-state index in [1.165, 1.54) is 45.4 Å². The van der Waals surface area contributed by atoms with E-state index in [1.807, 2.05) is 0 Å². The van der Waals surface area contributed by atoms with Gasteiger partial charge in [0.2, 0.25) is 15.9 Å². The minimum absolute atomic E-state index is 0.225. The van der Waals surface area contributed by atoms with E-state index in [9.17, 15) is 13.2 Å². The summed E-state index contributed by atoms with van der Waals surface area (Å²) in [6.45, 7) is 1.47. The van der Waals surface area contributed by atoms with Crippen molar-refractivity contribution in [3.8, 4) is 11.5 Å². The van der Waals surface area contributed by atoms with Crippen molar-refractivity contribution in [3.63, 3.8) is 0 Å². The van der Waals surface area contributed by atoms with Crippen molar-refractivity contribution in [2.75, 3.05) is 30.1 Å². The van der Waals surface area contributed by atoms with E-state index < -0.39 is 22.0 Å². The third-order valence-electron chi connectivity index (χ3n) is 3.90. The van der Waals surface area contributed by atoms with Gasteiger partial charge < -0.3 is 14.8 Å². The number of hydrogen-bond acceptors (Lipinski definition) is 5. The van der Waals surface area contributed by atoms with Gasteiger partial charge in [-0.25, -0.2) is 8.42 Å². The average Bonchev–Trinajstić information content (AvgIpc) is 2.61. The van der Waals surface area contributed by atoms with Crippen LogP contribution in [-0.2, 0) is 14.8 Å². The molecule has 2 aromatic carbocycles. The molecule has 0 bridgehead atoms. The third kappa shape index (κ3) is 5.01. The number of carbonyl (C=O) groups is 1. The van der Waals surface area contributed by atoms with Gasteiger partial charge in [0.15, 0.2) is 0 Å². The van der Waals surface area contributed by atoms with Gasteiger partial charge >= 0.3 is 0 Å². The van der Waals surface area contributed by atoms with E-state index >= 15 is 0 Å². The zero-order valence-corrected chi connectivity index (χ0v) is 18.0. The second-order valence-corrected chi connectivity index (χ2v) is 8.57. The van der Waals surface area contributed by atoms with Crippen LogP contribution in [0.25, 0.3) is 0 Å². The van der Waals surface area contributed by atoms with Crippen molar-refractivity contribution in [3.05, 3.63) is 46.4 Å². The molecule has 1 N–H and O–H groups in total. The van der Waals surface area contributed by atoms with Crippen molar-refractivity contribution >= 4 is 50.5 Å². The summed E-state index contributed by atoms with van der Waals surface area (Å²) in [4.78, 5) is 12.7. The molecule has 0 aliphatic heterocycles. The molecule has 0 aliphatic carbocycles. The molecule has 152 valence electrons. The predicted molar refractivity (Wildman–Crippen MR) is 111 cm³/mol. The summed E-state index contributed by atoms with van der Waals surface area (Å²) >= 11 is 12.2. The second kappa shape index (κ2) is 8.89. The zero-order chi connectivity index (χ0) is 21.1. The first kappa shape index (κ1) is 22.1. The molecular formula is C18H20Cl2N2O5S. The van der Waals surface area contributed by atoms with Crippen molar-refractivity contribution < 1.29 is 22.7 Å². The van der Waals surface area contributed by atoms with Crippen LogP contribution in [0.4, 0.5) is 11.4 Å². The molecule has 0 aliphatic rings. The number of nitrogens with zero attached hydrogens (tertiary/aromatic N) is 1. The zero-order valence-electron chi connectivity index (χ0n) is 15.7. The highest BCUT2D eigenvalue weighted by Crippen LogP contribution is 2.32. The number of halogens is 2. The molecule has 1 unspecified atom stereocenters. The average molecular weight is 447 g/mol. The van der Waals surface area contributed by atoms with Crippen molar-refractivity contribution in [2.45, 2.75) is 13.0 Å². The molecule has 28 heavy (non-hydrogen) atoms. The topological polar surface area (TPSA) is 84.9 Å². The molecule has 10 heteroatoms. The van der Waals surface area contributed by atoms with Gasteiger partial charge in [-0.15, -0.1) is 0 Å². The van der Waals surface area contributed by atoms with E-state index in [2.05, 4.69) is 5.32 Å². The van der Waals surface area contributed by atoms with Crippen LogP contribution in [0.3, 0.4) is 0 Å². The Hall–Kier alpha value is -2.16. The van der Waals surface area contributed by atoms with Crippen LogP contribution in [0.5, 0.6) is 11.5 Å². The van der Waals surface area contributed by atoms with Crippen LogP contribution in [0.1, 0.15) is 6.92 Å². The van der Waals surface area contributed by atoms with Crippen molar-refractivity contribution in [1.29, 1.82) is 0 Å². The standard InChI is InChI=1S/C18H20Cl2N2O5S/c1-11(18(23)21-12-5-7-16(26-2)14(19)9-12)22(28(4,24)25)13-6-8-17(27-3)15(20)10-13/h5-11H,1-4H3,(H,21,23). The molecule has 0 heterocycles. The summed E-state index contributed by atoms with van der Waals surface area (Å²) in [5, 5.41) is 3.19. The summed E-state index contributed by atoms with van der Waals surface area (Å²) in [6, 6.07) is 8.13. The number of amides is 1. The molecule has 2 rings (SSSR count). The Kier molecular flexibility index (Phi) is 7.03. The smallest absolute Gasteiger partial charge is 0.247 e. The Bertz CT molecular complexity index is 982. The van der Waals surface area contributed by atoms with Gasteiger partial charge in [0.05, 0.1) is 36.2 Å². The quantitative estimate of drug-likeness (QED) is 0.698. The monoisotopic (exact) mass is 446 g/mol. The first-order valence-corrected chi connectivity index (χ1v) is 10.7. The first-order chi connectivity index (χ1) is 13.1. The van der Waals surface area contributed by atoms with Crippen LogP contribution in [0.15, 0.2) is 36.4 Å². The predicted octanol–water partition coefficient (Wildman–Crippen LogP) is 3.80. The molecule has 0 radical (unpaired) electrons. The van der Waals surface area contributed by atoms with Gasteiger partial charge in [-0.3, -0.25) is 9.10 Å². The van der Waals surface area contributed by atoms with Crippen LogP contribution in [-0.4, -0.2) is 40.8 Å². The summed E-state index contributed by atoms with van der Waals surface area (Å²) in [7, 11) is -0.855. The highest BCUT2D eigenvalue weighted by atomic mass is 35.5. The normalized spacial score (nSPS) is 12.2. The van der Waals surface area contributed by atoms with Crippen LogP contribution in [0.2, 0.25) is 10.0 Å². The summed E-state index contributed by atoms with van der Waals surface area (Å²) < 4.78 is 35.9. The molecule has 0 fully saturated rings. The fraction of sp³-hybridized carbons (Fsp3) is 0.278. The Morgan fingerprint density at radius 3 is 2.04 bits per heavy atom. The SMILES string of the molecule is COc1ccc(NC(=O)C(C)N(c2ccc(OC)c(Cl)c2)S(C)(=O)=O)cc1Cl. The Morgan fingerprint density at radius 1 is 1.04 bits per heavy atom. The van der Waals surface area contributed by atoms with Crippen LogP contribution < -0.4 is 19.1 Å². The lowest BCUT2D eigenvalue weighted by molar-refractivity contribution is -0.116. The van der Waals surface area contributed by atoms with Crippen LogP contribution in [0, 0.1) is 0 Å². The number of methoxy groups -OCH3 is 2. The lowest BCUT2D eigenvalue weighted by atomic mass is 10.2. The van der Waals surface area contributed by atoms with Crippen LogP contribution >= 0.6 is 23.2 Å². The molecular weight excluding hydrogens is 427 g/mol. The fourth-order valence-corrected chi connectivity index (χ4v) is 4.27. The molecule has 0 saturated carbocycles. The summed E-state index contributed by atoms with van der Waals surface area (Å²) in [6.07, 6.45) is 1.01. The van der Waals surface area contributed by atoms with E-state index in [0.717, 1.165) is 10.6 Å². The van der Waals surface area contributed by atoms with Gasteiger partial charge in [0.1, 0.15) is 17.5 Å². The molecule has 1 amide bonds. The molecule has 0 saturated heterocycles. The van der Waals surface area contributed by atoms with Crippen molar-refractivity contribution in [1.82, 2.24) is 0 Å². The molecule has 1 atom stereocenters. The van der Waals surface area contributed by atoms with E-state index in [-0.39, 0.29) is 10.7 Å². The Balaban J connectivity index is 2.32. The van der Waals surface area contributed by atoms with Crippen molar-refractivity contribution in [2.24, 2.45) is 0 Å². The summed E-state index contributed by atoms with van der Waals surface area (Å²) in [5.41, 5.74) is 0.646. The highest BCUT2D eigenvalue weighted by Gasteiger charge is 2.29. The maximum Gasteiger partial charge on any atom is 0.247 e. The highest BCUT2D eigenvalue weighted by molar-refractivity contribution is 7.92. The van der Waals surface area contributed by atoms with E-state index in [1.54, 1.807) is 12.1 Å². The maximum atomic E-state index is 12.7. The number of rotatable bonds is 7. The van der Waals surface area contributed by atoms with E-state index in [0.29, 0.717) is 22.2 Å². The number of carbonyl (C=O) groups excluding carboxylic acids is 1.